The van der Waals surface area contributed by atoms with E-state index in [1.54, 1.807) is 25.6 Å². The number of imidazole rings is 1. The number of rotatable bonds is 5. The summed E-state index contributed by atoms with van der Waals surface area (Å²) in [7, 11) is 1.64. The van der Waals surface area contributed by atoms with Gasteiger partial charge in [-0.1, -0.05) is 25.1 Å². The van der Waals surface area contributed by atoms with Gasteiger partial charge in [-0.15, -0.1) is 0 Å². The van der Waals surface area contributed by atoms with Gasteiger partial charge in [0.1, 0.15) is 11.6 Å². The van der Waals surface area contributed by atoms with E-state index in [9.17, 15) is 9.18 Å². The minimum atomic E-state index is -0.274. The van der Waals surface area contributed by atoms with E-state index >= 15 is 0 Å². The first kappa shape index (κ1) is 21.8. The van der Waals surface area contributed by atoms with Crippen molar-refractivity contribution in [1.82, 2.24) is 14.5 Å². The first-order chi connectivity index (χ1) is 15.4. The molecule has 3 aromatic rings. The Bertz CT molecular complexity index is 1150. The van der Waals surface area contributed by atoms with Gasteiger partial charge in [0.25, 0.3) is 5.91 Å². The summed E-state index contributed by atoms with van der Waals surface area (Å²) >= 11 is 0. The number of nitrogens with zero attached hydrogens (tertiary/aromatic N) is 3. The van der Waals surface area contributed by atoms with Crippen molar-refractivity contribution in [2.24, 2.45) is 5.92 Å². The van der Waals surface area contributed by atoms with Gasteiger partial charge >= 0.3 is 0 Å². The van der Waals surface area contributed by atoms with E-state index in [4.69, 9.17) is 4.74 Å². The summed E-state index contributed by atoms with van der Waals surface area (Å²) in [6.45, 7) is 6.57. The summed E-state index contributed by atoms with van der Waals surface area (Å²) in [5, 5.41) is 0. The number of hydrogen-bond acceptors (Lipinski definition) is 3. The van der Waals surface area contributed by atoms with E-state index in [1.807, 2.05) is 46.9 Å². The number of halogens is 1. The van der Waals surface area contributed by atoms with Crippen LogP contribution in [0.15, 0.2) is 60.6 Å². The lowest BCUT2D eigenvalue weighted by atomic mass is 9.86. The quantitative estimate of drug-likeness (QED) is 0.522. The molecule has 2 atom stereocenters. The summed E-state index contributed by atoms with van der Waals surface area (Å²) < 4.78 is 20.8. The Hall–Kier alpha value is -3.41. The highest BCUT2D eigenvalue weighted by Gasteiger charge is 2.33. The molecule has 6 heteroatoms. The second kappa shape index (κ2) is 8.99. The van der Waals surface area contributed by atoms with E-state index in [0.29, 0.717) is 12.3 Å². The average Bonchev–Trinajstić information content (AvgIpc) is 3.21. The molecule has 32 heavy (non-hydrogen) atoms. The van der Waals surface area contributed by atoms with Crippen LogP contribution in [0.3, 0.4) is 0 Å². The zero-order chi connectivity index (χ0) is 22.8. The molecule has 0 saturated carbocycles. The number of carbonyl (C=O) groups excluding carboxylic acids is 1. The highest BCUT2D eigenvalue weighted by atomic mass is 19.1. The van der Waals surface area contributed by atoms with Crippen LogP contribution >= 0.6 is 0 Å². The highest BCUT2D eigenvalue weighted by molar-refractivity contribution is 5.99. The van der Waals surface area contributed by atoms with Crippen molar-refractivity contribution in [3.05, 3.63) is 83.2 Å². The van der Waals surface area contributed by atoms with Crippen LogP contribution in [0.25, 0.3) is 11.8 Å². The fourth-order valence-corrected chi connectivity index (χ4v) is 4.29. The van der Waals surface area contributed by atoms with Crippen molar-refractivity contribution in [2.45, 2.75) is 39.8 Å². The third kappa shape index (κ3) is 4.44. The van der Waals surface area contributed by atoms with Crippen LogP contribution in [0.4, 0.5) is 4.39 Å². The fourth-order valence-electron chi connectivity index (χ4n) is 4.29. The van der Waals surface area contributed by atoms with Crippen LogP contribution in [0.1, 0.15) is 37.1 Å². The summed E-state index contributed by atoms with van der Waals surface area (Å²) in [6, 6.07) is 12.4. The monoisotopic (exact) mass is 433 g/mol. The predicted molar refractivity (Wildman–Crippen MR) is 123 cm³/mol. The number of carbonyl (C=O) groups is 1. The maximum absolute atomic E-state index is 13.4. The molecular weight excluding hydrogens is 405 g/mol. The number of amides is 1. The van der Waals surface area contributed by atoms with Gasteiger partial charge in [-0.3, -0.25) is 4.79 Å². The first-order valence-electron chi connectivity index (χ1n) is 10.8. The lowest BCUT2D eigenvalue weighted by molar-refractivity contribution is -0.132. The van der Waals surface area contributed by atoms with Gasteiger partial charge in [-0.05, 0) is 67.7 Å². The average molecular weight is 434 g/mol. The van der Waals surface area contributed by atoms with Crippen LogP contribution in [0.2, 0.25) is 0 Å². The number of aryl methyl sites for hydroxylation is 1. The van der Waals surface area contributed by atoms with E-state index in [0.717, 1.165) is 34.5 Å². The van der Waals surface area contributed by atoms with Gasteiger partial charge in [-0.2, -0.15) is 0 Å². The van der Waals surface area contributed by atoms with Crippen molar-refractivity contribution in [3.63, 3.8) is 0 Å². The fraction of sp³-hybridized carbons (Fsp3) is 0.308. The Kier molecular flexibility index (Phi) is 6.12. The molecule has 1 aliphatic rings. The molecule has 166 valence electrons. The van der Waals surface area contributed by atoms with Crippen LogP contribution in [0, 0.1) is 18.7 Å². The SMILES string of the molecule is COc1cc(/C=C2/C(=O)N(Cc3ccc(F)cc3)[C@H](C)C[C@H]2C)ccc1-n1cnc(C)c1. The summed E-state index contributed by atoms with van der Waals surface area (Å²) in [5.41, 5.74) is 4.43. The molecule has 0 N–H and O–H groups in total. The van der Waals surface area contributed by atoms with E-state index in [2.05, 4.69) is 18.8 Å². The number of methoxy groups -OCH3 is 1. The number of hydrogen-bond donors (Lipinski definition) is 0. The molecular formula is C26H28FN3O2. The molecule has 5 nitrogen and oxygen atoms in total. The molecule has 2 aromatic carbocycles. The lowest BCUT2D eigenvalue weighted by Gasteiger charge is -2.38. The van der Waals surface area contributed by atoms with Crippen molar-refractivity contribution in [2.75, 3.05) is 7.11 Å². The van der Waals surface area contributed by atoms with Crippen molar-refractivity contribution < 1.29 is 13.9 Å². The zero-order valence-electron chi connectivity index (χ0n) is 18.9. The number of likely N-dealkylation sites (tertiary alicyclic amines) is 1. The normalized spacial score (nSPS) is 20.1. The van der Waals surface area contributed by atoms with Crippen LogP contribution in [0.5, 0.6) is 5.75 Å². The molecule has 0 spiro atoms. The maximum atomic E-state index is 13.4. The first-order valence-corrected chi connectivity index (χ1v) is 10.8. The smallest absolute Gasteiger partial charge is 0.250 e. The van der Waals surface area contributed by atoms with Gasteiger partial charge in [0.15, 0.2) is 0 Å². The second-order valence-corrected chi connectivity index (χ2v) is 8.50. The molecule has 4 rings (SSSR count). The topological polar surface area (TPSA) is 47.4 Å². The Morgan fingerprint density at radius 3 is 2.59 bits per heavy atom. The molecule has 0 bridgehead atoms. The van der Waals surface area contributed by atoms with Crippen LogP contribution < -0.4 is 4.74 Å². The number of aromatic nitrogens is 2. The summed E-state index contributed by atoms with van der Waals surface area (Å²) in [6.07, 6.45) is 6.54. The molecule has 0 unspecified atom stereocenters. The maximum Gasteiger partial charge on any atom is 0.250 e. The molecule has 0 aliphatic carbocycles. The second-order valence-electron chi connectivity index (χ2n) is 8.50. The van der Waals surface area contributed by atoms with Gasteiger partial charge < -0.3 is 14.2 Å². The van der Waals surface area contributed by atoms with Crippen molar-refractivity contribution >= 4 is 12.0 Å². The van der Waals surface area contributed by atoms with Gasteiger partial charge in [0.2, 0.25) is 0 Å². The zero-order valence-corrected chi connectivity index (χ0v) is 18.9. The molecule has 1 amide bonds. The molecule has 1 saturated heterocycles. The number of piperidine rings is 1. The third-order valence-corrected chi connectivity index (χ3v) is 6.05. The lowest BCUT2D eigenvalue weighted by Crippen LogP contribution is -2.45. The van der Waals surface area contributed by atoms with Crippen molar-refractivity contribution in [3.8, 4) is 11.4 Å². The van der Waals surface area contributed by atoms with Gasteiger partial charge in [0, 0.05) is 24.4 Å². The molecule has 1 aliphatic heterocycles. The largest absolute Gasteiger partial charge is 0.495 e. The Morgan fingerprint density at radius 1 is 1.19 bits per heavy atom. The van der Waals surface area contributed by atoms with Crippen LogP contribution in [-0.2, 0) is 11.3 Å². The highest BCUT2D eigenvalue weighted by Crippen LogP contribution is 2.32. The molecule has 0 radical (unpaired) electrons. The van der Waals surface area contributed by atoms with Gasteiger partial charge in [-0.25, -0.2) is 9.37 Å². The summed E-state index contributed by atoms with van der Waals surface area (Å²) in [5.74, 6) is 0.603. The minimum Gasteiger partial charge on any atom is -0.495 e. The van der Waals surface area contributed by atoms with Crippen LogP contribution in [-0.4, -0.2) is 33.5 Å². The standard InChI is InChI=1S/C26H28FN3O2/c1-17-11-19(3)30(15-20-5-8-22(27)9-6-20)26(31)23(17)12-21-7-10-24(25(13-21)32-4)29-14-18(2)28-16-29/h5-10,12-14,16-17,19H,11,15H2,1-4H3/b23-12+/t17-,19-/m1/s1. The summed E-state index contributed by atoms with van der Waals surface area (Å²) in [4.78, 5) is 19.6. The number of benzene rings is 2. The molecule has 1 fully saturated rings. The van der Waals surface area contributed by atoms with Crippen molar-refractivity contribution in [1.29, 1.82) is 0 Å². The Balaban J connectivity index is 1.63. The molecule has 2 heterocycles. The number of ether oxygens (including phenoxy) is 1. The van der Waals surface area contributed by atoms with Gasteiger partial charge in [0.05, 0.1) is 24.8 Å². The Labute approximate surface area is 188 Å². The molecule has 1 aromatic heterocycles. The van der Waals surface area contributed by atoms with E-state index in [1.165, 1.54) is 12.1 Å². The third-order valence-electron chi connectivity index (χ3n) is 6.05. The predicted octanol–water partition coefficient (Wildman–Crippen LogP) is 5.17. The van der Waals surface area contributed by atoms with E-state index in [-0.39, 0.29) is 23.7 Å². The minimum absolute atomic E-state index is 0.0221. The Morgan fingerprint density at radius 2 is 1.94 bits per heavy atom. The van der Waals surface area contributed by atoms with E-state index < -0.39 is 0 Å².